The van der Waals surface area contributed by atoms with Crippen molar-refractivity contribution in [2.24, 2.45) is 4.99 Å². The summed E-state index contributed by atoms with van der Waals surface area (Å²) in [4.78, 5) is 5.52. The van der Waals surface area contributed by atoms with Crippen LogP contribution in [0.15, 0.2) is 29.3 Å². The zero-order valence-corrected chi connectivity index (χ0v) is 12.9. The molecule has 0 unspecified atom stereocenters. The highest BCUT2D eigenvalue weighted by atomic mass is 32.1. The van der Waals surface area contributed by atoms with E-state index in [1.54, 1.807) is 11.3 Å². The number of benzene rings is 1. The Labute approximate surface area is 131 Å². The summed E-state index contributed by atoms with van der Waals surface area (Å²) in [6.07, 6.45) is 2.06. The van der Waals surface area contributed by atoms with E-state index in [-0.39, 0.29) is 11.3 Å². The minimum atomic E-state index is -0.670. The van der Waals surface area contributed by atoms with Gasteiger partial charge in [0, 0.05) is 10.9 Å². The Balaban J connectivity index is 2.29. The predicted octanol–water partition coefficient (Wildman–Crippen LogP) is 5.11. The average molecular weight is 319 g/mol. The van der Waals surface area contributed by atoms with Crippen LogP contribution in [-0.4, -0.2) is 5.16 Å². The molecule has 0 atom stereocenters. The molecule has 0 spiro atoms. The molecule has 0 radical (unpaired) electrons. The monoisotopic (exact) mass is 319 g/mol. The number of hydrogen-bond acceptors (Lipinski definition) is 3. The van der Waals surface area contributed by atoms with Crippen LogP contribution in [0, 0.1) is 23.5 Å². The van der Waals surface area contributed by atoms with E-state index in [0.29, 0.717) is 0 Å². The van der Waals surface area contributed by atoms with Gasteiger partial charge in [-0.3, -0.25) is 0 Å². The molecule has 1 aromatic heterocycles. The molecule has 0 aliphatic heterocycles. The van der Waals surface area contributed by atoms with Gasteiger partial charge in [0.05, 0.1) is 15.6 Å². The molecular weight excluding hydrogens is 308 g/mol. The molecule has 0 aliphatic rings. The summed E-state index contributed by atoms with van der Waals surface area (Å²) < 4.78 is 27.4. The third kappa shape index (κ3) is 4.05. The maximum absolute atomic E-state index is 13.8. The van der Waals surface area contributed by atoms with Gasteiger partial charge in [-0.05, 0) is 36.8 Å². The summed E-state index contributed by atoms with van der Waals surface area (Å²) >= 11 is 5.94. The van der Waals surface area contributed by atoms with E-state index in [0.717, 1.165) is 29.9 Å². The number of hydrogen-bond donors (Lipinski definition) is 0. The fourth-order valence-corrected chi connectivity index (χ4v) is 2.78. The summed E-state index contributed by atoms with van der Waals surface area (Å²) in [5, 5.41) is 2.01. The minimum absolute atomic E-state index is 0.00117. The highest BCUT2D eigenvalue weighted by molar-refractivity contribution is 7.78. The fourth-order valence-electron chi connectivity index (χ4n) is 1.72. The Kier molecular flexibility index (Phi) is 5.35. The standard InChI is InChI=1S/C16H11F2NS2/c1-2-3-12-6-7-13(21-12)5-4-11-8-15(18)16(19-10-20)9-14(11)17/h6-9H,2-3H2,1H3. The topological polar surface area (TPSA) is 12.4 Å². The Bertz CT molecular complexity index is 762. The number of thiocarbonyl (C=S) groups is 1. The molecule has 2 aromatic rings. The van der Waals surface area contributed by atoms with E-state index in [4.69, 9.17) is 0 Å². The van der Waals surface area contributed by atoms with Gasteiger partial charge in [-0.1, -0.05) is 25.2 Å². The van der Waals surface area contributed by atoms with E-state index in [1.165, 1.54) is 4.88 Å². The van der Waals surface area contributed by atoms with Gasteiger partial charge in [-0.15, -0.1) is 11.3 Å². The third-order valence-electron chi connectivity index (χ3n) is 2.68. The first kappa shape index (κ1) is 15.5. The van der Waals surface area contributed by atoms with Gasteiger partial charge in [-0.2, -0.15) is 4.99 Å². The minimum Gasteiger partial charge on any atom is -0.206 e. The number of isothiocyanates is 1. The second-order valence-corrected chi connectivity index (χ2v) is 5.60. The summed E-state index contributed by atoms with van der Waals surface area (Å²) in [5.41, 5.74) is -0.171. The van der Waals surface area contributed by atoms with Crippen LogP contribution in [0.2, 0.25) is 0 Å². The molecule has 0 aliphatic carbocycles. The predicted molar refractivity (Wildman–Crippen MR) is 85.3 cm³/mol. The molecule has 106 valence electrons. The second kappa shape index (κ2) is 7.24. The van der Waals surface area contributed by atoms with Crippen LogP contribution in [0.5, 0.6) is 0 Å². The lowest BCUT2D eigenvalue weighted by atomic mass is 10.2. The van der Waals surface area contributed by atoms with Crippen molar-refractivity contribution >= 4 is 34.4 Å². The SMILES string of the molecule is CCCc1ccc(C#Cc2cc(F)c(N=C=S)cc2F)s1. The largest absolute Gasteiger partial charge is 0.206 e. The number of rotatable bonds is 3. The molecule has 0 fully saturated rings. The van der Waals surface area contributed by atoms with Crippen LogP contribution in [0.4, 0.5) is 14.5 Å². The molecule has 21 heavy (non-hydrogen) atoms. The molecule has 1 heterocycles. The molecule has 0 saturated heterocycles. The Morgan fingerprint density at radius 3 is 2.71 bits per heavy atom. The Hall–Kier alpha value is -1.86. The van der Waals surface area contributed by atoms with Gasteiger partial charge in [0.2, 0.25) is 0 Å². The summed E-state index contributed by atoms with van der Waals surface area (Å²) in [6.45, 7) is 2.10. The second-order valence-electron chi connectivity index (χ2n) is 4.25. The highest BCUT2D eigenvalue weighted by Crippen LogP contribution is 2.22. The van der Waals surface area contributed by atoms with E-state index in [1.807, 2.05) is 17.3 Å². The van der Waals surface area contributed by atoms with E-state index in [2.05, 4.69) is 36.0 Å². The lowest BCUT2D eigenvalue weighted by molar-refractivity contribution is 0.599. The van der Waals surface area contributed by atoms with Crippen LogP contribution >= 0.6 is 23.6 Å². The maximum Gasteiger partial charge on any atom is 0.151 e. The van der Waals surface area contributed by atoms with Crippen molar-refractivity contribution in [3.05, 3.63) is 51.2 Å². The Morgan fingerprint density at radius 1 is 1.19 bits per heavy atom. The fraction of sp³-hybridized carbons (Fsp3) is 0.188. The molecule has 0 saturated carbocycles. The number of thiophene rings is 1. The zero-order chi connectivity index (χ0) is 15.2. The van der Waals surface area contributed by atoms with Crippen molar-refractivity contribution in [3.8, 4) is 11.8 Å². The van der Waals surface area contributed by atoms with Crippen molar-refractivity contribution in [1.82, 2.24) is 0 Å². The van der Waals surface area contributed by atoms with Crippen molar-refractivity contribution < 1.29 is 8.78 Å². The summed E-state index contributed by atoms with van der Waals surface area (Å²) in [5.74, 6) is 4.21. The van der Waals surface area contributed by atoms with Crippen LogP contribution in [0.1, 0.15) is 28.7 Å². The van der Waals surface area contributed by atoms with Crippen molar-refractivity contribution in [3.63, 3.8) is 0 Å². The Morgan fingerprint density at radius 2 is 2.00 bits per heavy atom. The van der Waals surface area contributed by atoms with Crippen LogP contribution in [-0.2, 0) is 6.42 Å². The number of aryl methyl sites for hydroxylation is 1. The normalized spacial score (nSPS) is 9.67. The van der Waals surface area contributed by atoms with E-state index in [9.17, 15) is 8.78 Å². The summed E-state index contributed by atoms with van der Waals surface area (Å²) in [7, 11) is 0. The molecule has 5 heteroatoms. The lowest BCUT2D eigenvalue weighted by Crippen LogP contribution is -1.87. The van der Waals surface area contributed by atoms with Gasteiger partial charge in [0.25, 0.3) is 0 Å². The molecule has 1 nitrogen and oxygen atoms in total. The van der Waals surface area contributed by atoms with Crippen LogP contribution < -0.4 is 0 Å². The van der Waals surface area contributed by atoms with Gasteiger partial charge in [0.15, 0.2) is 5.82 Å². The van der Waals surface area contributed by atoms with E-state index >= 15 is 0 Å². The van der Waals surface area contributed by atoms with Crippen molar-refractivity contribution in [1.29, 1.82) is 0 Å². The number of nitrogens with zero attached hydrogens (tertiary/aromatic N) is 1. The number of aliphatic imine (C=N–C) groups is 1. The molecule has 0 N–H and O–H groups in total. The average Bonchev–Trinajstić information content (AvgIpc) is 2.89. The first-order valence-corrected chi connectivity index (χ1v) is 7.54. The molecule has 2 rings (SSSR count). The summed E-state index contributed by atoms with van der Waals surface area (Å²) in [6, 6.07) is 5.89. The van der Waals surface area contributed by atoms with Crippen molar-refractivity contribution in [2.45, 2.75) is 19.8 Å². The number of halogens is 2. The maximum atomic E-state index is 13.8. The quantitative estimate of drug-likeness (QED) is 0.435. The van der Waals surface area contributed by atoms with Gasteiger partial charge >= 0.3 is 0 Å². The van der Waals surface area contributed by atoms with Gasteiger partial charge in [-0.25, -0.2) is 8.78 Å². The van der Waals surface area contributed by atoms with Gasteiger partial charge < -0.3 is 0 Å². The highest BCUT2D eigenvalue weighted by Gasteiger charge is 2.07. The zero-order valence-electron chi connectivity index (χ0n) is 11.2. The molecule has 0 bridgehead atoms. The first-order valence-electron chi connectivity index (χ1n) is 6.31. The molecular formula is C16H11F2NS2. The molecule has 1 aromatic carbocycles. The smallest absolute Gasteiger partial charge is 0.151 e. The van der Waals surface area contributed by atoms with Crippen LogP contribution in [0.25, 0.3) is 0 Å². The van der Waals surface area contributed by atoms with E-state index < -0.39 is 11.6 Å². The third-order valence-corrected chi connectivity index (χ3v) is 3.83. The molecule has 0 amide bonds. The lowest BCUT2D eigenvalue weighted by Gasteiger charge is -1.98. The van der Waals surface area contributed by atoms with Gasteiger partial charge in [0.1, 0.15) is 11.5 Å². The van der Waals surface area contributed by atoms with Crippen LogP contribution in [0.3, 0.4) is 0 Å². The first-order chi connectivity index (χ1) is 10.1. The van der Waals surface area contributed by atoms with Crippen molar-refractivity contribution in [2.75, 3.05) is 0 Å².